The zero-order valence-electron chi connectivity index (χ0n) is 18.2. The number of hydrogen-bond acceptors (Lipinski definition) is 5. The summed E-state index contributed by atoms with van der Waals surface area (Å²) in [5.74, 6) is 0.201. The Morgan fingerprint density at radius 2 is 1.73 bits per heavy atom. The van der Waals surface area contributed by atoms with Gasteiger partial charge in [0.15, 0.2) is 10.9 Å². The lowest BCUT2D eigenvalue weighted by Crippen LogP contribution is -2.27. The second-order valence-electron chi connectivity index (χ2n) is 7.63. The van der Waals surface area contributed by atoms with Gasteiger partial charge in [0.25, 0.3) is 11.8 Å². The van der Waals surface area contributed by atoms with E-state index < -0.39 is 0 Å². The van der Waals surface area contributed by atoms with Gasteiger partial charge in [0.1, 0.15) is 5.75 Å². The van der Waals surface area contributed by atoms with Gasteiger partial charge in [-0.3, -0.25) is 14.5 Å². The molecule has 0 atom stereocenters. The molecule has 3 aromatic rings. The van der Waals surface area contributed by atoms with Crippen molar-refractivity contribution in [1.82, 2.24) is 0 Å². The number of nitrogens with zero attached hydrogens (tertiary/aromatic N) is 1. The van der Waals surface area contributed by atoms with Crippen molar-refractivity contribution in [3.8, 4) is 5.75 Å². The lowest BCUT2D eigenvalue weighted by molar-refractivity contribution is -0.118. The van der Waals surface area contributed by atoms with Gasteiger partial charge < -0.3 is 10.1 Å². The molecule has 3 aromatic carbocycles. The van der Waals surface area contributed by atoms with Crippen LogP contribution in [0.3, 0.4) is 0 Å². The SMILES string of the molecule is Cc1cccc(NC(=O)COc2ccc(/C=C3\SC(=S)N(c4cccc(C)c4)C3=O)cc2)c1. The maximum atomic E-state index is 12.9. The first-order chi connectivity index (χ1) is 15.9. The van der Waals surface area contributed by atoms with Gasteiger partial charge in [-0.25, -0.2) is 0 Å². The largest absolute Gasteiger partial charge is 0.484 e. The number of thioether (sulfide) groups is 1. The number of thiocarbonyl (C=S) groups is 1. The van der Waals surface area contributed by atoms with Gasteiger partial charge in [0, 0.05) is 5.69 Å². The second kappa shape index (κ2) is 10.0. The van der Waals surface area contributed by atoms with Gasteiger partial charge >= 0.3 is 0 Å². The molecule has 5 nitrogen and oxygen atoms in total. The molecular weight excluding hydrogens is 452 g/mol. The van der Waals surface area contributed by atoms with E-state index in [0.29, 0.717) is 15.0 Å². The molecule has 0 spiro atoms. The van der Waals surface area contributed by atoms with Crippen LogP contribution in [-0.4, -0.2) is 22.7 Å². The first-order valence-corrected chi connectivity index (χ1v) is 11.6. The number of hydrogen-bond donors (Lipinski definition) is 1. The molecule has 2 amide bonds. The Morgan fingerprint density at radius 1 is 1.03 bits per heavy atom. The maximum absolute atomic E-state index is 12.9. The maximum Gasteiger partial charge on any atom is 0.270 e. The van der Waals surface area contributed by atoms with Gasteiger partial charge in [0.05, 0.1) is 10.6 Å². The summed E-state index contributed by atoms with van der Waals surface area (Å²) in [5.41, 5.74) is 4.49. The molecule has 0 aliphatic carbocycles. The molecule has 166 valence electrons. The minimum absolute atomic E-state index is 0.0948. The highest BCUT2D eigenvalue weighted by molar-refractivity contribution is 8.27. The molecule has 33 heavy (non-hydrogen) atoms. The molecule has 1 heterocycles. The molecule has 0 saturated carbocycles. The fraction of sp³-hybridized carbons (Fsp3) is 0.115. The average Bonchev–Trinajstić information content (AvgIpc) is 3.06. The van der Waals surface area contributed by atoms with Crippen molar-refractivity contribution in [3.05, 3.63) is 94.4 Å². The number of anilines is 2. The van der Waals surface area contributed by atoms with Crippen molar-refractivity contribution in [1.29, 1.82) is 0 Å². The van der Waals surface area contributed by atoms with Crippen molar-refractivity contribution in [2.75, 3.05) is 16.8 Å². The fourth-order valence-corrected chi connectivity index (χ4v) is 4.64. The first-order valence-electron chi connectivity index (χ1n) is 10.3. The van der Waals surface area contributed by atoms with E-state index in [0.717, 1.165) is 28.1 Å². The summed E-state index contributed by atoms with van der Waals surface area (Å²) in [6, 6.07) is 22.5. The van der Waals surface area contributed by atoms with E-state index in [1.807, 2.05) is 80.6 Å². The van der Waals surface area contributed by atoms with Crippen LogP contribution in [0.4, 0.5) is 11.4 Å². The molecule has 0 bridgehead atoms. The number of aryl methyl sites for hydroxylation is 2. The van der Waals surface area contributed by atoms with E-state index in [4.69, 9.17) is 17.0 Å². The smallest absolute Gasteiger partial charge is 0.270 e. The summed E-state index contributed by atoms with van der Waals surface area (Å²) >= 11 is 6.72. The summed E-state index contributed by atoms with van der Waals surface area (Å²) in [5, 5.41) is 2.81. The summed E-state index contributed by atoms with van der Waals surface area (Å²) in [7, 11) is 0. The van der Waals surface area contributed by atoms with E-state index in [1.54, 1.807) is 17.0 Å². The molecule has 7 heteroatoms. The number of ether oxygens (including phenoxy) is 1. The van der Waals surface area contributed by atoms with Crippen LogP contribution < -0.4 is 15.0 Å². The number of nitrogens with one attached hydrogen (secondary N) is 1. The predicted molar refractivity (Wildman–Crippen MR) is 139 cm³/mol. The van der Waals surface area contributed by atoms with E-state index in [9.17, 15) is 9.59 Å². The highest BCUT2D eigenvalue weighted by Crippen LogP contribution is 2.36. The van der Waals surface area contributed by atoms with Gasteiger partial charge in [-0.2, -0.15) is 0 Å². The summed E-state index contributed by atoms with van der Waals surface area (Å²) in [6.07, 6.45) is 1.81. The minimum Gasteiger partial charge on any atom is -0.484 e. The van der Waals surface area contributed by atoms with Crippen LogP contribution in [0.25, 0.3) is 6.08 Å². The standard InChI is InChI=1S/C26H22N2O3S2/c1-17-5-3-7-20(13-17)27-24(29)16-31-22-11-9-19(10-12-22)15-23-25(30)28(26(32)33-23)21-8-4-6-18(2)14-21/h3-15H,16H2,1-2H3,(H,27,29)/b23-15-. The molecule has 1 aliphatic heterocycles. The molecule has 1 aliphatic rings. The molecule has 1 fully saturated rings. The predicted octanol–water partition coefficient (Wildman–Crippen LogP) is 5.73. The van der Waals surface area contributed by atoms with Crippen LogP contribution in [0, 0.1) is 13.8 Å². The van der Waals surface area contributed by atoms with Crippen LogP contribution in [-0.2, 0) is 9.59 Å². The summed E-state index contributed by atoms with van der Waals surface area (Å²) in [4.78, 5) is 27.2. The Bertz CT molecular complexity index is 1250. The molecule has 4 rings (SSSR count). The Labute approximate surface area is 202 Å². The molecule has 1 N–H and O–H groups in total. The van der Waals surface area contributed by atoms with Gasteiger partial charge in [-0.1, -0.05) is 60.4 Å². The molecule has 1 saturated heterocycles. The van der Waals surface area contributed by atoms with Crippen molar-refractivity contribution in [2.24, 2.45) is 0 Å². The third-order valence-electron chi connectivity index (χ3n) is 4.90. The van der Waals surface area contributed by atoms with Gasteiger partial charge in [-0.15, -0.1) is 0 Å². The number of carbonyl (C=O) groups is 2. The minimum atomic E-state index is -0.232. The Hall–Kier alpha value is -3.42. The Balaban J connectivity index is 1.37. The highest BCUT2D eigenvalue weighted by Gasteiger charge is 2.33. The van der Waals surface area contributed by atoms with E-state index in [-0.39, 0.29) is 18.4 Å². The third-order valence-corrected chi connectivity index (χ3v) is 6.21. The quantitative estimate of drug-likeness (QED) is 0.365. The van der Waals surface area contributed by atoms with Crippen LogP contribution in [0.2, 0.25) is 0 Å². The first kappa shape index (κ1) is 22.8. The number of benzene rings is 3. The summed E-state index contributed by atoms with van der Waals surface area (Å²) in [6.45, 7) is 3.85. The lowest BCUT2D eigenvalue weighted by atomic mass is 10.2. The van der Waals surface area contributed by atoms with E-state index in [2.05, 4.69) is 5.32 Å². The van der Waals surface area contributed by atoms with Crippen LogP contribution in [0.5, 0.6) is 5.75 Å². The Morgan fingerprint density at radius 3 is 2.42 bits per heavy atom. The van der Waals surface area contributed by atoms with Crippen molar-refractivity contribution in [2.45, 2.75) is 13.8 Å². The van der Waals surface area contributed by atoms with Gasteiger partial charge in [-0.05, 0) is 73.0 Å². The van der Waals surface area contributed by atoms with E-state index in [1.165, 1.54) is 11.8 Å². The van der Waals surface area contributed by atoms with Crippen molar-refractivity contribution >= 4 is 57.6 Å². The topological polar surface area (TPSA) is 58.6 Å². The van der Waals surface area contributed by atoms with E-state index >= 15 is 0 Å². The molecule has 0 unspecified atom stereocenters. The third kappa shape index (κ3) is 5.69. The summed E-state index contributed by atoms with van der Waals surface area (Å²) < 4.78 is 6.10. The molecular formula is C26H22N2O3S2. The zero-order valence-corrected chi connectivity index (χ0v) is 19.8. The van der Waals surface area contributed by atoms with Crippen LogP contribution in [0.1, 0.15) is 16.7 Å². The van der Waals surface area contributed by atoms with Gasteiger partial charge in [0.2, 0.25) is 0 Å². The number of carbonyl (C=O) groups excluding carboxylic acids is 2. The van der Waals surface area contributed by atoms with Crippen molar-refractivity contribution in [3.63, 3.8) is 0 Å². The van der Waals surface area contributed by atoms with Crippen molar-refractivity contribution < 1.29 is 14.3 Å². The normalized spacial score (nSPS) is 14.6. The monoisotopic (exact) mass is 474 g/mol. The zero-order chi connectivity index (χ0) is 23.4. The Kier molecular flexibility index (Phi) is 6.91. The fourth-order valence-electron chi connectivity index (χ4n) is 3.34. The average molecular weight is 475 g/mol. The molecule has 0 radical (unpaired) electrons. The van der Waals surface area contributed by atoms with Crippen LogP contribution in [0.15, 0.2) is 77.7 Å². The highest BCUT2D eigenvalue weighted by atomic mass is 32.2. The second-order valence-corrected chi connectivity index (χ2v) is 9.31. The lowest BCUT2D eigenvalue weighted by Gasteiger charge is -2.14. The van der Waals surface area contributed by atoms with Crippen LogP contribution >= 0.6 is 24.0 Å². The molecule has 0 aromatic heterocycles. The number of rotatable bonds is 6. The number of amides is 2.